The molecular formula is C27H39P. The van der Waals surface area contributed by atoms with Gasteiger partial charge in [-0.2, -0.15) is 0 Å². The summed E-state index contributed by atoms with van der Waals surface area (Å²) >= 11 is 0. The molecule has 2 aromatic rings. The third-order valence-corrected chi connectivity index (χ3v) is 9.04. The van der Waals surface area contributed by atoms with Crippen LogP contribution in [0.5, 0.6) is 0 Å². The van der Waals surface area contributed by atoms with Gasteiger partial charge in [0.25, 0.3) is 0 Å². The van der Waals surface area contributed by atoms with Crippen molar-refractivity contribution in [2.45, 2.75) is 85.0 Å². The van der Waals surface area contributed by atoms with Gasteiger partial charge in [-0.15, -0.1) is 0 Å². The Kier molecular flexibility index (Phi) is 7.38. The zero-order chi connectivity index (χ0) is 20.3. The molecule has 1 heteroatoms. The monoisotopic (exact) mass is 394 g/mol. The molecule has 0 radical (unpaired) electrons. The van der Waals surface area contributed by atoms with Crippen LogP contribution in [0.15, 0.2) is 36.4 Å². The Morgan fingerprint density at radius 3 is 1.71 bits per heavy atom. The molecule has 0 saturated carbocycles. The van der Waals surface area contributed by atoms with Crippen molar-refractivity contribution < 1.29 is 0 Å². The Morgan fingerprint density at radius 1 is 0.679 bits per heavy atom. The molecule has 3 rings (SSSR count). The van der Waals surface area contributed by atoms with Gasteiger partial charge in [0.05, 0.1) is 0 Å². The fourth-order valence-electron chi connectivity index (χ4n) is 4.54. The molecule has 0 N–H and O–H groups in total. The summed E-state index contributed by atoms with van der Waals surface area (Å²) in [6.07, 6.45) is 8.53. The van der Waals surface area contributed by atoms with E-state index < -0.39 is 0 Å². The van der Waals surface area contributed by atoms with Crippen LogP contribution < -0.4 is 5.30 Å². The van der Waals surface area contributed by atoms with Gasteiger partial charge >= 0.3 is 0 Å². The second kappa shape index (κ2) is 9.58. The molecule has 1 fully saturated rings. The van der Waals surface area contributed by atoms with E-state index in [0.717, 1.165) is 0 Å². The molecule has 0 spiro atoms. The van der Waals surface area contributed by atoms with Gasteiger partial charge in [-0.25, -0.2) is 0 Å². The minimum absolute atomic E-state index is 0.0213. The smallest absolute Gasteiger partial charge is 0.0101 e. The average Bonchev–Trinajstić information content (AvgIpc) is 2.96. The summed E-state index contributed by atoms with van der Waals surface area (Å²) in [6.45, 7) is 14.1. The quantitative estimate of drug-likeness (QED) is 0.447. The Labute approximate surface area is 174 Å². The standard InChI is InChI=1S/C27H39P/c1-19(2)22-17-24(20(3)4)27(25(18-22)21(5)6)23-13-9-10-14-26(23)28-15-11-7-8-12-16-28/h9-10,13-14,17-21H,7-8,11-12,15-16H2,1-6H3. The molecular weight excluding hydrogens is 355 g/mol. The number of hydrogen-bond donors (Lipinski definition) is 0. The van der Waals surface area contributed by atoms with Gasteiger partial charge in [0.2, 0.25) is 0 Å². The minimum atomic E-state index is -0.0213. The van der Waals surface area contributed by atoms with Gasteiger partial charge in [-0.1, -0.05) is 98.7 Å². The van der Waals surface area contributed by atoms with Crippen molar-refractivity contribution in [3.8, 4) is 11.1 Å². The first-order chi connectivity index (χ1) is 13.4. The van der Waals surface area contributed by atoms with Crippen LogP contribution in [-0.4, -0.2) is 12.3 Å². The average molecular weight is 395 g/mol. The van der Waals surface area contributed by atoms with Crippen LogP contribution in [0.25, 0.3) is 11.1 Å². The van der Waals surface area contributed by atoms with Crippen molar-refractivity contribution in [3.63, 3.8) is 0 Å². The molecule has 0 unspecified atom stereocenters. The largest absolute Gasteiger partial charge is 0.0746 e. The number of hydrogen-bond acceptors (Lipinski definition) is 0. The molecule has 1 aliphatic heterocycles. The Hall–Kier alpha value is -1.13. The highest BCUT2D eigenvalue weighted by molar-refractivity contribution is 7.65. The van der Waals surface area contributed by atoms with E-state index >= 15 is 0 Å². The predicted octanol–water partition coefficient (Wildman–Crippen LogP) is 8.41. The van der Waals surface area contributed by atoms with Crippen molar-refractivity contribution in [2.24, 2.45) is 0 Å². The lowest BCUT2D eigenvalue weighted by atomic mass is 9.82. The van der Waals surface area contributed by atoms with Gasteiger partial charge in [-0.3, -0.25) is 0 Å². The fraction of sp³-hybridized carbons (Fsp3) is 0.556. The highest BCUT2D eigenvalue weighted by atomic mass is 31.1. The zero-order valence-corrected chi connectivity index (χ0v) is 19.8. The SMILES string of the molecule is CC(C)c1cc(C(C)C)c(-c2ccccc2P2CCCCCC2)c(C(C)C)c1. The highest BCUT2D eigenvalue weighted by Gasteiger charge is 2.23. The van der Waals surface area contributed by atoms with Gasteiger partial charge < -0.3 is 0 Å². The van der Waals surface area contributed by atoms with Crippen LogP contribution in [-0.2, 0) is 0 Å². The van der Waals surface area contributed by atoms with E-state index in [2.05, 4.69) is 77.9 Å². The molecule has 152 valence electrons. The van der Waals surface area contributed by atoms with E-state index in [-0.39, 0.29) is 7.92 Å². The predicted molar refractivity (Wildman–Crippen MR) is 129 cm³/mol. The van der Waals surface area contributed by atoms with Crippen LogP contribution in [0.1, 0.15) is 102 Å². The second-order valence-electron chi connectivity index (χ2n) is 9.46. The van der Waals surface area contributed by atoms with E-state index in [9.17, 15) is 0 Å². The molecule has 0 nitrogen and oxygen atoms in total. The third kappa shape index (κ3) is 4.71. The molecule has 1 aliphatic rings. The molecule has 0 amide bonds. The third-order valence-electron chi connectivity index (χ3n) is 6.25. The summed E-state index contributed by atoms with van der Waals surface area (Å²) in [5.41, 5.74) is 7.68. The molecule has 0 bridgehead atoms. The van der Waals surface area contributed by atoms with Gasteiger partial charge in [0.1, 0.15) is 0 Å². The lowest BCUT2D eigenvalue weighted by molar-refractivity contribution is 0.726. The molecule has 0 aromatic heterocycles. The van der Waals surface area contributed by atoms with E-state index in [1.165, 1.54) is 43.6 Å². The Balaban J connectivity index is 2.23. The Morgan fingerprint density at radius 2 is 1.21 bits per heavy atom. The maximum atomic E-state index is 2.51. The topological polar surface area (TPSA) is 0 Å². The maximum Gasteiger partial charge on any atom is -0.0101 e. The number of benzene rings is 2. The van der Waals surface area contributed by atoms with Gasteiger partial charge in [0.15, 0.2) is 0 Å². The lowest BCUT2D eigenvalue weighted by Crippen LogP contribution is -2.12. The normalized spacial score (nSPS) is 16.2. The molecule has 0 aliphatic carbocycles. The van der Waals surface area contributed by atoms with Crippen LogP contribution in [0.3, 0.4) is 0 Å². The summed E-state index contributed by atoms with van der Waals surface area (Å²) < 4.78 is 0. The first-order valence-corrected chi connectivity index (χ1v) is 13.1. The summed E-state index contributed by atoms with van der Waals surface area (Å²) in [7, 11) is -0.0213. The van der Waals surface area contributed by atoms with Crippen LogP contribution in [0, 0.1) is 0 Å². The summed E-state index contributed by atoms with van der Waals surface area (Å²) in [5, 5.41) is 1.67. The van der Waals surface area contributed by atoms with Crippen molar-refractivity contribution in [1.82, 2.24) is 0 Å². The maximum absolute atomic E-state index is 2.51. The first kappa shape index (κ1) is 21.6. The molecule has 2 aromatic carbocycles. The van der Waals surface area contributed by atoms with Crippen LogP contribution >= 0.6 is 7.92 Å². The summed E-state index contributed by atoms with van der Waals surface area (Å²) in [4.78, 5) is 0. The van der Waals surface area contributed by atoms with Crippen molar-refractivity contribution >= 4 is 13.2 Å². The Bertz CT molecular complexity index is 748. The first-order valence-electron chi connectivity index (χ1n) is 11.4. The molecule has 1 saturated heterocycles. The fourth-order valence-corrected chi connectivity index (χ4v) is 7.28. The van der Waals surface area contributed by atoms with Crippen molar-refractivity contribution in [1.29, 1.82) is 0 Å². The number of rotatable bonds is 5. The van der Waals surface area contributed by atoms with E-state index in [4.69, 9.17) is 0 Å². The van der Waals surface area contributed by atoms with Crippen molar-refractivity contribution in [2.75, 3.05) is 12.3 Å². The second-order valence-corrected chi connectivity index (χ2v) is 11.9. The lowest BCUT2D eigenvalue weighted by Gasteiger charge is -2.27. The van der Waals surface area contributed by atoms with E-state index in [1.54, 1.807) is 27.6 Å². The zero-order valence-electron chi connectivity index (χ0n) is 18.9. The van der Waals surface area contributed by atoms with Crippen molar-refractivity contribution in [3.05, 3.63) is 53.1 Å². The van der Waals surface area contributed by atoms with E-state index in [0.29, 0.717) is 17.8 Å². The summed E-state index contributed by atoms with van der Waals surface area (Å²) in [6, 6.07) is 14.4. The van der Waals surface area contributed by atoms with Crippen LogP contribution in [0.2, 0.25) is 0 Å². The highest BCUT2D eigenvalue weighted by Crippen LogP contribution is 2.45. The van der Waals surface area contributed by atoms with Gasteiger partial charge in [0, 0.05) is 0 Å². The van der Waals surface area contributed by atoms with E-state index in [1.807, 2.05) is 0 Å². The summed E-state index contributed by atoms with van der Waals surface area (Å²) in [5.74, 6) is 1.66. The van der Waals surface area contributed by atoms with Gasteiger partial charge in [-0.05, 0) is 76.0 Å². The molecule has 28 heavy (non-hydrogen) atoms. The molecule has 1 heterocycles. The van der Waals surface area contributed by atoms with Crippen LogP contribution in [0.4, 0.5) is 0 Å². The molecule has 0 atom stereocenters. The minimum Gasteiger partial charge on any atom is -0.0746 e.